The van der Waals surface area contributed by atoms with Crippen LogP contribution < -0.4 is 4.74 Å². The zero-order valence-electron chi connectivity index (χ0n) is 22.8. The largest absolute Gasteiger partial charge is 0.504 e. The number of aromatic hydroxyl groups is 1. The van der Waals surface area contributed by atoms with E-state index in [0.717, 1.165) is 5.56 Å². The van der Waals surface area contributed by atoms with Crippen molar-refractivity contribution in [1.29, 1.82) is 0 Å². The van der Waals surface area contributed by atoms with Crippen LogP contribution >= 0.6 is 0 Å². The van der Waals surface area contributed by atoms with E-state index in [1.165, 1.54) is 32.9 Å². The van der Waals surface area contributed by atoms with Crippen LogP contribution in [-0.2, 0) is 9.59 Å². The summed E-state index contributed by atoms with van der Waals surface area (Å²) < 4.78 is 5.18. The maximum Gasteiger partial charge on any atom is 0.160 e. The Bertz CT molecular complexity index is 918. The van der Waals surface area contributed by atoms with Crippen molar-refractivity contribution >= 4 is 17.3 Å². The molecule has 1 unspecified atom stereocenters. The van der Waals surface area contributed by atoms with Crippen molar-refractivity contribution in [3.05, 3.63) is 70.8 Å². The number of allylic oxidation sites excluding steroid dienone is 3. The summed E-state index contributed by atoms with van der Waals surface area (Å²) in [5.74, 6) is 2.01. The molecule has 2 aromatic carbocycles. The zero-order valence-corrected chi connectivity index (χ0v) is 22.8. The van der Waals surface area contributed by atoms with Gasteiger partial charge in [0.25, 0.3) is 0 Å². The standard InChI is InChI=1S/C22H22O4.C4H10.2C2H6.CH4/c1-14(16(3)24)22(19(13-23)17-8-6-5-7-9-17)15(2)18-10-11-20(25)21(12-18)26-4;1-3-4-2;2*1-2;/h5-12,15,25H,1-4H3;3-4H2,1-2H3;2*1-2H3;1H4/b22-14+;;;;. The molecule has 0 bridgehead atoms. The van der Waals surface area contributed by atoms with E-state index in [4.69, 9.17) is 4.74 Å². The van der Waals surface area contributed by atoms with Crippen LogP contribution in [0.5, 0.6) is 11.5 Å². The molecule has 0 aliphatic rings. The van der Waals surface area contributed by atoms with E-state index >= 15 is 0 Å². The average molecular weight is 485 g/mol. The Labute approximate surface area is 214 Å². The molecule has 0 radical (unpaired) electrons. The van der Waals surface area contributed by atoms with Gasteiger partial charge in [-0.05, 0) is 48.3 Å². The number of carbonyl (C=O) groups excluding carboxylic acids is 2. The predicted molar refractivity (Wildman–Crippen MR) is 152 cm³/mol. The van der Waals surface area contributed by atoms with E-state index in [-0.39, 0.29) is 24.9 Å². The highest BCUT2D eigenvalue weighted by molar-refractivity contribution is 6.04. The first-order valence-electron chi connectivity index (χ1n) is 12.2. The monoisotopic (exact) mass is 484 g/mol. The zero-order chi connectivity index (χ0) is 26.7. The van der Waals surface area contributed by atoms with Crippen molar-refractivity contribution in [2.45, 2.75) is 88.5 Å². The number of carbonyl (C=O) groups is 1. The third-order valence-electron chi connectivity index (χ3n) is 5.00. The van der Waals surface area contributed by atoms with Crippen LogP contribution in [0.15, 0.2) is 59.7 Å². The summed E-state index contributed by atoms with van der Waals surface area (Å²) in [5.41, 5.74) is 3.01. The van der Waals surface area contributed by atoms with Gasteiger partial charge < -0.3 is 9.84 Å². The van der Waals surface area contributed by atoms with E-state index in [2.05, 4.69) is 13.8 Å². The van der Waals surface area contributed by atoms with Crippen LogP contribution in [0.1, 0.15) is 99.6 Å². The molecule has 0 amide bonds. The number of Topliss-reactive ketones (excluding diaryl/α,β-unsaturated/α-hetero) is 1. The Morgan fingerprint density at radius 1 is 0.971 bits per heavy atom. The number of hydrogen-bond acceptors (Lipinski definition) is 4. The van der Waals surface area contributed by atoms with Gasteiger partial charge in [0.2, 0.25) is 0 Å². The van der Waals surface area contributed by atoms with Crippen LogP contribution in [0.2, 0.25) is 0 Å². The van der Waals surface area contributed by atoms with Crippen LogP contribution in [0, 0.1) is 0 Å². The van der Waals surface area contributed by atoms with Gasteiger partial charge in [-0.1, -0.05) is 105 Å². The summed E-state index contributed by atoms with van der Waals surface area (Å²) in [6.45, 7) is 17.5. The number of rotatable bonds is 7. The number of phenols is 1. The van der Waals surface area contributed by atoms with Gasteiger partial charge in [0.05, 0.1) is 12.7 Å². The third-order valence-corrected chi connectivity index (χ3v) is 5.00. The fourth-order valence-electron chi connectivity index (χ4n) is 2.92. The number of phenolic OH excluding ortho intramolecular Hbond substituents is 1. The summed E-state index contributed by atoms with van der Waals surface area (Å²) >= 11 is 0. The number of benzene rings is 2. The number of ketones is 1. The SMILES string of the molecule is C.CC.CC.CCCC.COc1cc(C(C)/C(C(=C=O)c2ccccc2)=C(/C)C(C)=O)ccc1O. The third kappa shape index (κ3) is 11.7. The molecule has 1 N–H and O–H groups in total. The summed E-state index contributed by atoms with van der Waals surface area (Å²) in [6.07, 6.45) is 2.64. The van der Waals surface area contributed by atoms with Gasteiger partial charge in [-0.25, -0.2) is 4.79 Å². The van der Waals surface area contributed by atoms with E-state index in [0.29, 0.717) is 28.0 Å². The Balaban J connectivity index is -0.00000101. The van der Waals surface area contributed by atoms with Gasteiger partial charge in [-0.15, -0.1) is 0 Å². The summed E-state index contributed by atoms with van der Waals surface area (Å²) in [5, 5.41) is 9.83. The second-order valence-electron chi connectivity index (χ2n) is 7.09. The van der Waals surface area contributed by atoms with Crippen molar-refractivity contribution in [2.75, 3.05) is 7.11 Å². The lowest BCUT2D eigenvalue weighted by Gasteiger charge is -2.21. The Hall–Kier alpha value is -3.10. The van der Waals surface area contributed by atoms with Crippen molar-refractivity contribution in [3.8, 4) is 11.5 Å². The first-order chi connectivity index (χ1) is 16.3. The first-order valence-corrected chi connectivity index (χ1v) is 12.2. The second-order valence-corrected chi connectivity index (χ2v) is 7.09. The highest BCUT2D eigenvalue weighted by Gasteiger charge is 2.23. The van der Waals surface area contributed by atoms with Crippen LogP contribution in [0.25, 0.3) is 5.57 Å². The highest BCUT2D eigenvalue weighted by Crippen LogP contribution is 2.38. The molecule has 0 heterocycles. The molecule has 0 aromatic heterocycles. The maximum absolute atomic E-state index is 12.1. The molecule has 4 nitrogen and oxygen atoms in total. The number of hydrogen-bond donors (Lipinski definition) is 1. The lowest BCUT2D eigenvalue weighted by Crippen LogP contribution is -2.08. The second kappa shape index (κ2) is 21.4. The predicted octanol–water partition coefficient (Wildman–Crippen LogP) is 8.82. The van der Waals surface area contributed by atoms with Crippen LogP contribution in [0.3, 0.4) is 0 Å². The highest BCUT2D eigenvalue weighted by atomic mass is 16.5. The normalized spacial score (nSPS) is 10.6. The van der Waals surface area contributed by atoms with Crippen LogP contribution in [0.4, 0.5) is 0 Å². The Morgan fingerprint density at radius 2 is 1.49 bits per heavy atom. The maximum atomic E-state index is 12.1. The molecule has 1 atom stereocenters. The smallest absolute Gasteiger partial charge is 0.160 e. The molecule has 35 heavy (non-hydrogen) atoms. The fourth-order valence-corrected chi connectivity index (χ4v) is 2.92. The van der Waals surface area contributed by atoms with Crippen LogP contribution in [-0.4, -0.2) is 23.9 Å². The van der Waals surface area contributed by atoms with Crippen molar-refractivity contribution in [1.82, 2.24) is 0 Å². The summed E-state index contributed by atoms with van der Waals surface area (Å²) in [4.78, 5) is 23.9. The van der Waals surface area contributed by atoms with Gasteiger partial charge in [0, 0.05) is 5.92 Å². The molecule has 2 rings (SSSR count). The van der Waals surface area contributed by atoms with Crippen molar-refractivity contribution < 1.29 is 19.4 Å². The van der Waals surface area contributed by atoms with E-state index < -0.39 is 0 Å². The molecule has 0 spiro atoms. The van der Waals surface area contributed by atoms with Crippen molar-refractivity contribution in [3.63, 3.8) is 0 Å². The van der Waals surface area contributed by atoms with Gasteiger partial charge in [-0.3, -0.25) is 4.79 Å². The molecule has 0 saturated carbocycles. The minimum absolute atomic E-state index is 0. The van der Waals surface area contributed by atoms with E-state index in [1.54, 1.807) is 19.1 Å². The lowest BCUT2D eigenvalue weighted by molar-refractivity contribution is -0.113. The van der Waals surface area contributed by atoms with Gasteiger partial charge >= 0.3 is 0 Å². The molecular weight excluding hydrogens is 436 g/mol. The number of methoxy groups -OCH3 is 1. The van der Waals surface area contributed by atoms with Gasteiger partial charge in [-0.2, -0.15) is 0 Å². The molecule has 2 aromatic rings. The fraction of sp³-hybridized carbons (Fsp3) is 0.452. The lowest BCUT2D eigenvalue weighted by atomic mass is 9.82. The number of ether oxygens (including phenoxy) is 1. The molecule has 0 aliphatic carbocycles. The van der Waals surface area contributed by atoms with E-state index in [9.17, 15) is 14.7 Å². The molecule has 196 valence electrons. The minimum Gasteiger partial charge on any atom is -0.504 e. The molecule has 0 saturated heterocycles. The molecular formula is C31H48O4. The van der Waals surface area contributed by atoms with E-state index in [1.807, 2.05) is 70.9 Å². The van der Waals surface area contributed by atoms with Gasteiger partial charge in [0.1, 0.15) is 5.94 Å². The molecule has 0 aliphatic heterocycles. The summed E-state index contributed by atoms with van der Waals surface area (Å²) in [7, 11) is 1.47. The quantitative estimate of drug-likeness (QED) is 0.242. The van der Waals surface area contributed by atoms with Gasteiger partial charge in [0.15, 0.2) is 17.3 Å². The Kier molecular flexibility index (Phi) is 22.3. The number of unbranched alkanes of at least 4 members (excludes halogenated alkanes) is 1. The molecule has 0 fully saturated rings. The topological polar surface area (TPSA) is 63.6 Å². The molecule has 4 heteroatoms. The Morgan fingerprint density at radius 3 is 1.89 bits per heavy atom. The summed E-state index contributed by atoms with van der Waals surface area (Å²) in [6, 6.07) is 14.2. The average Bonchev–Trinajstić information content (AvgIpc) is 2.89. The van der Waals surface area contributed by atoms with Crippen molar-refractivity contribution in [2.24, 2.45) is 0 Å². The first kappa shape index (κ1) is 36.5. The minimum atomic E-state index is -0.273.